The molecule has 1 N–H and O–H groups in total. The predicted molar refractivity (Wildman–Crippen MR) is 55.8 cm³/mol. The molecule has 0 aliphatic rings. The van der Waals surface area contributed by atoms with Gasteiger partial charge in [0.15, 0.2) is 0 Å². The Kier molecular flexibility index (Phi) is 3.73. The Labute approximate surface area is 83.4 Å². The van der Waals surface area contributed by atoms with E-state index in [-0.39, 0.29) is 0 Å². The van der Waals surface area contributed by atoms with Gasteiger partial charge in [-0.3, -0.25) is 5.32 Å². The third-order valence-electron chi connectivity index (χ3n) is 1.74. The molecule has 0 aliphatic heterocycles. The largest absolute Gasteiger partial charge is 0.453 e. The van der Waals surface area contributed by atoms with Crippen LogP contribution in [0.3, 0.4) is 0 Å². The molecule has 74 valence electrons. The number of carbonyl (C=O) groups excluding carboxylic acids is 1. The summed E-state index contributed by atoms with van der Waals surface area (Å²) >= 11 is 0. The van der Waals surface area contributed by atoms with Gasteiger partial charge in [0.25, 0.3) is 0 Å². The van der Waals surface area contributed by atoms with Crippen LogP contribution >= 0.6 is 0 Å². The zero-order valence-corrected chi connectivity index (χ0v) is 8.28. The summed E-state index contributed by atoms with van der Waals surface area (Å²) in [5, 5.41) is 2.45. The van der Waals surface area contributed by atoms with Crippen LogP contribution < -0.4 is 5.32 Å². The van der Waals surface area contributed by atoms with Gasteiger partial charge in [0.2, 0.25) is 0 Å². The third-order valence-corrected chi connectivity index (χ3v) is 1.74. The molecule has 1 aromatic rings. The lowest BCUT2D eigenvalue weighted by Crippen LogP contribution is -2.15. The second-order valence-corrected chi connectivity index (χ2v) is 2.88. The Morgan fingerprint density at radius 2 is 2.00 bits per heavy atom. The van der Waals surface area contributed by atoms with E-state index < -0.39 is 6.09 Å². The molecule has 3 heteroatoms. The maximum Gasteiger partial charge on any atom is 0.410 e. The van der Waals surface area contributed by atoms with Crippen molar-refractivity contribution in [2.75, 3.05) is 7.11 Å². The van der Waals surface area contributed by atoms with Gasteiger partial charge in [0.05, 0.1) is 7.11 Å². The van der Waals surface area contributed by atoms with Crippen LogP contribution in [0.2, 0.25) is 0 Å². The lowest BCUT2D eigenvalue weighted by molar-refractivity contribution is 0.175. The standard InChI is InChI=1S/C11H13NO2/c1-9-3-5-10(6-4-9)7-8-12-11(13)14-2/h3-8H,1-2H3,(H,12,13). The average molecular weight is 191 g/mol. The number of ether oxygens (including phenoxy) is 1. The zero-order valence-electron chi connectivity index (χ0n) is 8.28. The normalized spacial score (nSPS) is 10.1. The minimum atomic E-state index is -0.464. The Morgan fingerprint density at radius 3 is 2.57 bits per heavy atom. The number of nitrogens with one attached hydrogen (secondary N) is 1. The number of hydrogen-bond donors (Lipinski definition) is 1. The Morgan fingerprint density at radius 1 is 1.36 bits per heavy atom. The van der Waals surface area contributed by atoms with Crippen LogP contribution in [0.5, 0.6) is 0 Å². The molecule has 0 unspecified atom stereocenters. The maximum absolute atomic E-state index is 10.7. The van der Waals surface area contributed by atoms with Crippen LogP contribution in [0.15, 0.2) is 30.5 Å². The van der Waals surface area contributed by atoms with Crippen molar-refractivity contribution in [3.63, 3.8) is 0 Å². The number of methoxy groups -OCH3 is 1. The van der Waals surface area contributed by atoms with Crippen molar-refractivity contribution < 1.29 is 9.53 Å². The van der Waals surface area contributed by atoms with E-state index in [0.29, 0.717) is 0 Å². The Bertz CT molecular complexity index is 328. The molecule has 14 heavy (non-hydrogen) atoms. The zero-order chi connectivity index (χ0) is 10.4. The van der Waals surface area contributed by atoms with Gasteiger partial charge in [-0.25, -0.2) is 4.79 Å². The summed E-state index contributed by atoms with van der Waals surface area (Å²) in [5.74, 6) is 0. The molecule has 0 saturated heterocycles. The van der Waals surface area contributed by atoms with E-state index in [2.05, 4.69) is 10.1 Å². The number of carbonyl (C=O) groups is 1. The molecule has 0 saturated carbocycles. The Balaban J connectivity index is 2.52. The van der Waals surface area contributed by atoms with Crippen molar-refractivity contribution in [1.82, 2.24) is 5.32 Å². The van der Waals surface area contributed by atoms with E-state index in [4.69, 9.17) is 0 Å². The van der Waals surface area contributed by atoms with Crippen LogP contribution in [-0.2, 0) is 4.74 Å². The second kappa shape index (κ2) is 5.07. The number of rotatable bonds is 2. The fraction of sp³-hybridized carbons (Fsp3) is 0.182. The smallest absolute Gasteiger partial charge is 0.410 e. The molecule has 1 aromatic carbocycles. The molecule has 0 bridgehead atoms. The molecule has 0 aromatic heterocycles. The monoisotopic (exact) mass is 191 g/mol. The predicted octanol–water partition coefficient (Wildman–Crippen LogP) is 2.32. The molecular formula is C11H13NO2. The Hall–Kier alpha value is -1.77. The van der Waals surface area contributed by atoms with Gasteiger partial charge >= 0.3 is 6.09 Å². The van der Waals surface area contributed by atoms with Crippen molar-refractivity contribution in [3.8, 4) is 0 Å². The fourth-order valence-electron chi connectivity index (χ4n) is 0.942. The summed E-state index contributed by atoms with van der Waals surface area (Å²) in [6, 6.07) is 7.98. The second-order valence-electron chi connectivity index (χ2n) is 2.88. The molecule has 1 rings (SSSR count). The van der Waals surface area contributed by atoms with E-state index in [9.17, 15) is 4.79 Å². The molecule has 3 nitrogen and oxygen atoms in total. The first-order chi connectivity index (χ1) is 6.72. The van der Waals surface area contributed by atoms with Gasteiger partial charge in [0, 0.05) is 6.20 Å². The van der Waals surface area contributed by atoms with Gasteiger partial charge in [-0.2, -0.15) is 0 Å². The number of alkyl carbamates (subject to hydrolysis) is 1. The summed E-state index contributed by atoms with van der Waals surface area (Å²) in [6.07, 6.45) is 2.89. The topological polar surface area (TPSA) is 38.3 Å². The van der Waals surface area contributed by atoms with Gasteiger partial charge in [-0.15, -0.1) is 0 Å². The first-order valence-corrected chi connectivity index (χ1v) is 4.30. The fourth-order valence-corrected chi connectivity index (χ4v) is 0.942. The first kappa shape index (κ1) is 10.3. The molecule has 0 spiro atoms. The van der Waals surface area contributed by atoms with Crippen LogP contribution in [0.25, 0.3) is 6.08 Å². The van der Waals surface area contributed by atoms with Crippen LogP contribution in [-0.4, -0.2) is 13.2 Å². The van der Waals surface area contributed by atoms with Crippen molar-refractivity contribution in [1.29, 1.82) is 0 Å². The van der Waals surface area contributed by atoms with Crippen molar-refractivity contribution in [3.05, 3.63) is 41.6 Å². The van der Waals surface area contributed by atoms with Crippen LogP contribution in [0.4, 0.5) is 4.79 Å². The summed E-state index contributed by atoms with van der Waals surface area (Å²) in [6.45, 7) is 2.03. The summed E-state index contributed by atoms with van der Waals surface area (Å²) in [4.78, 5) is 10.7. The van der Waals surface area contributed by atoms with E-state index in [1.165, 1.54) is 12.7 Å². The highest BCUT2D eigenvalue weighted by Crippen LogP contribution is 2.03. The van der Waals surface area contributed by atoms with Crippen molar-refractivity contribution >= 4 is 12.2 Å². The van der Waals surface area contributed by atoms with Crippen molar-refractivity contribution in [2.45, 2.75) is 6.92 Å². The molecular weight excluding hydrogens is 178 g/mol. The molecule has 0 heterocycles. The van der Waals surface area contributed by atoms with E-state index in [1.807, 2.05) is 31.2 Å². The van der Waals surface area contributed by atoms with Gasteiger partial charge < -0.3 is 4.74 Å². The lowest BCUT2D eigenvalue weighted by Gasteiger charge is -1.97. The molecule has 0 atom stereocenters. The first-order valence-electron chi connectivity index (χ1n) is 4.30. The number of amides is 1. The molecule has 1 amide bonds. The summed E-state index contributed by atoms with van der Waals surface area (Å²) in [7, 11) is 1.33. The van der Waals surface area contributed by atoms with Crippen molar-refractivity contribution in [2.24, 2.45) is 0 Å². The number of hydrogen-bond acceptors (Lipinski definition) is 2. The van der Waals surface area contributed by atoms with E-state index in [0.717, 1.165) is 5.56 Å². The lowest BCUT2D eigenvalue weighted by atomic mass is 10.1. The summed E-state index contributed by atoms with van der Waals surface area (Å²) < 4.78 is 4.41. The van der Waals surface area contributed by atoms with Gasteiger partial charge in [-0.05, 0) is 18.6 Å². The minimum absolute atomic E-state index is 0.464. The van der Waals surface area contributed by atoms with Crippen LogP contribution in [0.1, 0.15) is 11.1 Å². The minimum Gasteiger partial charge on any atom is -0.453 e. The van der Waals surface area contributed by atoms with Gasteiger partial charge in [0.1, 0.15) is 0 Å². The van der Waals surface area contributed by atoms with Crippen LogP contribution in [0, 0.1) is 6.92 Å². The van der Waals surface area contributed by atoms with Gasteiger partial charge in [-0.1, -0.05) is 29.8 Å². The number of benzene rings is 1. The number of aryl methyl sites for hydroxylation is 1. The highest BCUT2D eigenvalue weighted by atomic mass is 16.5. The SMILES string of the molecule is COC(=O)NC=Cc1ccc(C)cc1. The van der Waals surface area contributed by atoms with E-state index in [1.54, 1.807) is 12.3 Å². The molecule has 0 fully saturated rings. The highest BCUT2D eigenvalue weighted by molar-refractivity contribution is 5.69. The molecule has 0 radical (unpaired) electrons. The quantitative estimate of drug-likeness (QED) is 0.779. The summed E-state index contributed by atoms with van der Waals surface area (Å²) in [5.41, 5.74) is 2.25. The highest BCUT2D eigenvalue weighted by Gasteiger charge is 1.91. The van der Waals surface area contributed by atoms with E-state index >= 15 is 0 Å². The maximum atomic E-state index is 10.7. The molecule has 0 aliphatic carbocycles. The third kappa shape index (κ3) is 3.31. The average Bonchev–Trinajstić information content (AvgIpc) is 2.21.